The van der Waals surface area contributed by atoms with Crippen molar-refractivity contribution in [3.63, 3.8) is 0 Å². The van der Waals surface area contributed by atoms with Crippen LogP contribution in [0.4, 0.5) is 0 Å². The van der Waals surface area contributed by atoms with Gasteiger partial charge in [0.15, 0.2) is 11.5 Å². The molecule has 2 aromatic carbocycles. The summed E-state index contributed by atoms with van der Waals surface area (Å²) in [5, 5.41) is 11.6. The number of likely N-dealkylation sites (tertiary alicyclic amines) is 1. The van der Waals surface area contributed by atoms with Crippen LogP contribution in [-0.2, 0) is 20.7 Å². The number of amides is 1. The van der Waals surface area contributed by atoms with Gasteiger partial charge in [0, 0.05) is 38.2 Å². The van der Waals surface area contributed by atoms with Crippen molar-refractivity contribution >= 4 is 17.4 Å². The number of carbonyl (C=O) groups is 2. The Kier molecular flexibility index (Phi) is 9.15. The fraction of sp³-hybridized carbons (Fsp3) is 0.500. The number of fused-ring (bicyclic) bond motifs is 1. The van der Waals surface area contributed by atoms with Crippen LogP contribution in [0.3, 0.4) is 0 Å². The molecular formula is C32H40N2O7. The van der Waals surface area contributed by atoms with Gasteiger partial charge in [0.25, 0.3) is 11.7 Å². The summed E-state index contributed by atoms with van der Waals surface area (Å²) in [5.41, 5.74) is 2.22. The summed E-state index contributed by atoms with van der Waals surface area (Å²) in [4.78, 5) is 30.9. The Balaban J connectivity index is 1.52. The minimum Gasteiger partial charge on any atom is -0.507 e. The molecule has 2 saturated heterocycles. The monoisotopic (exact) mass is 564 g/mol. The van der Waals surface area contributed by atoms with Gasteiger partial charge in [-0.1, -0.05) is 13.0 Å². The lowest BCUT2D eigenvalue weighted by atomic mass is 9.94. The van der Waals surface area contributed by atoms with Gasteiger partial charge in [-0.05, 0) is 68.1 Å². The van der Waals surface area contributed by atoms with Crippen LogP contribution in [0.2, 0.25) is 0 Å². The Morgan fingerprint density at radius 3 is 2.59 bits per heavy atom. The molecule has 220 valence electrons. The van der Waals surface area contributed by atoms with Crippen LogP contribution in [-0.4, -0.2) is 85.3 Å². The van der Waals surface area contributed by atoms with E-state index >= 15 is 0 Å². The number of hydrogen-bond donors (Lipinski definition) is 1. The van der Waals surface area contributed by atoms with Crippen molar-refractivity contribution in [2.75, 3.05) is 52.6 Å². The number of ether oxygens (including phenoxy) is 4. The SMILES string of the molecule is CCCOc1ccc(C2/C(=C(\O)c3ccc4c(c3)CC(C)O4)C(=O)C(=O)N2CCCN2CCOCC2)cc1OCC. The summed E-state index contributed by atoms with van der Waals surface area (Å²) >= 11 is 0. The zero-order chi connectivity index (χ0) is 28.9. The number of benzene rings is 2. The van der Waals surface area contributed by atoms with E-state index in [2.05, 4.69) is 4.90 Å². The lowest BCUT2D eigenvalue weighted by Gasteiger charge is -2.29. The van der Waals surface area contributed by atoms with E-state index in [0.29, 0.717) is 68.4 Å². The zero-order valence-electron chi connectivity index (χ0n) is 24.2. The highest BCUT2D eigenvalue weighted by molar-refractivity contribution is 6.46. The van der Waals surface area contributed by atoms with E-state index in [9.17, 15) is 14.7 Å². The molecule has 0 saturated carbocycles. The van der Waals surface area contributed by atoms with Gasteiger partial charge in [-0.25, -0.2) is 0 Å². The Bertz CT molecular complexity index is 1300. The first kappa shape index (κ1) is 29.0. The number of rotatable bonds is 11. The second kappa shape index (κ2) is 13.0. The van der Waals surface area contributed by atoms with Crippen LogP contribution < -0.4 is 14.2 Å². The van der Waals surface area contributed by atoms with E-state index < -0.39 is 17.7 Å². The quantitative estimate of drug-likeness (QED) is 0.245. The fourth-order valence-corrected chi connectivity index (χ4v) is 5.77. The Morgan fingerprint density at radius 2 is 1.83 bits per heavy atom. The highest BCUT2D eigenvalue weighted by Crippen LogP contribution is 2.43. The van der Waals surface area contributed by atoms with Crippen molar-refractivity contribution in [2.45, 2.75) is 52.2 Å². The van der Waals surface area contributed by atoms with Gasteiger partial charge in [-0.2, -0.15) is 0 Å². The third kappa shape index (κ3) is 6.21. The molecule has 3 aliphatic rings. The molecule has 0 aliphatic carbocycles. The molecule has 5 rings (SSSR count). The smallest absolute Gasteiger partial charge is 0.295 e. The summed E-state index contributed by atoms with van der Waals surface area (Å²) in [6.07, 6.45) is 2.30. The normalized spacial score (nSPS) is 22.1. The van der Waals surface area contributed by atoms with E-state index in [4.69, 9.17) is 18.9 Å². The van der Waals surface area contributed by atoms with Crippen molar-refractivity contribution in [2.24, 2.45) is 0 Å². The van der Waals surface area contributed by atoms with Gasteiger partial charge in [-0.15, -0.1) is 0 Å². The summed E-state index contributed by atoms with van der Waals surface area (Å²) in [6.45, 7) is 11.1. The maximum absolute atomic E-state index is 13.6. The number of aliphatic hydroxyl groups excluding tert-OH is 1. The summed E-state index contributed by atoms with van der Waals surface area (Å²) in [5.74, 6) is 0.443. The second-order valence-electron chi connectivity index (χ2n) is 10.7. The maximum atomic E-state index is 13.6. The molecule has 9 heteroatoms. The van der Waals surface area contributed by atoms with Crippen molar-refractivity contribution in [1.82, 2.24) is 9.80 Å². The molecule has 2 unspecified atom stereocenters. The van der Waals surface area contributed by atoms with Crippen LogP contribution in [0.5, 0.6) is 17.2 Å². The van der Waals surface area contributed by atoms with Crippen molar-refractivity contribution in [3.8, 4) is 17.2 Å². The molecule has 3 heterocycles. The predicted molar refractivity (Wildman–Crippen MR) is 155 cm³/mol. The molecule has 1 N–H and O–H groups in total. The lowest BCUT2D eigenvalue weighted by Crippen LogP contribution is -2.39. The van der Waals surface area contributed by atoms with Crippen molar-refractivity contribution in [1.29, 1.82) is 0 Å². The number of Topliss-reactive ketones (excluding diaryl/α,β-unsaturated/α-hetero) is 1. The van der Waals surface area contributed by atoms with Crippen molar-refractivity contribution in [3.05, 3.63) is 58.7 Å². The summed E-state index contributed by atoms with van der Waals surface area (Å²) in [7, 11) is 0. The minimum atomic E-state index is -0.762. The van der Waals surface area contributed by atoms with Gasteiger partial charge < -0.3 is 29.0 Å². The predicted octanol–water partition coefficient (Wildman–Crippen LogP) is 4.34. The highest BCUT2D eigenvalue weighted by atomic mass is 16.5. The van der Waals surface area contributed by atoms with Crippen LogP contribution in [0, 0.1) is 0 Å². The Labute approximate surface area is 241 Å². The van der Waals surface area contributed by atoms with Gasteiger partial charge in [0.05, 0.1) is 38.0 Å². The first-order valence-electron chi connectivity index (χ1n) is 14.7. The van der Waals surface area contributed by atoms with Crippen LogP contribution in [0.25, 0.3) is 5.76 Å². The maximum Gasteiger partial charge on any atom is 0.295 e. The Morgan fingerprint density at radius 1 is 1.02 bits per heavy atom. The Hall–Kier alpha value is -3.56. The van der Waals surface area contributed by atoms with Crippen LogP contribution in [0.15, 0.2) is 42.0 Å². The van der Waals surface area contributed by atoms with E-state index in [0.717, 1.165) is 37.4 Å². The molecule has 0 aromatic heterocycles. The van der Waals surface area contributed by atoms with Crippen LogP contribution in [0.1, 0.15) is 56.3 Å². The van der Waals surface area contributed by atoms with E-state index in [-0.39, 0.29) is 17.4 Å². The lowest BCUT2D eigenvalue weighted by molar-refractivity contribution is -0.140. The zero-order valence-corrected chi connectivity index (χ0v) is 24.2. The fourth-order valence-electron chi connectivity index (χ4n) is 5.77. The molecule has 0 spiro atoms. The number of morpholine rings is 1. The van der Waals surface area contributed by atoms with Crippen molar-refractivity contribution < 1.29 is 33.6 Å². The van der Waals surface area contributed by atoms with Gasteiger partial charge in [0.2, 0.25) is 0 Å². The van der Waals surface area contributed by atoms with E-state index in [1.165, 1.54) is 0 Å². The molecular weight excluding hydrogens is 524 g/mol. The topological polar surface area (TPSA) is 97.8 Å². The van der Waals surface area contributed by atoms with Gasteiger partial charge >= 0.3 is 0 Å². The third-order valence-corrected chi connectivity index (χ3v) is 7.73. The summed E-state index contributed by atoms with van der Waals surface area (Å²) < 4.78 is 23.1. The second-order valence-corrected chi connectivity index (χ2v) is 10.7. The highest BCUT2D eigenvalue weighted by Gasteiger charge is 2.46. The van der Waals surface area contributed by atoms with Gasteiger partial charge in [-0.3, -0.25) is 14.5 Å². The third-order valence-electron chi connectivity index (χ3n) is 7.73. The van der Waals surface area contributed by atoms with E-state index in [1.54, 1.807) is 11.0 Å². The minimum absolute atomic E-state index is 0.0462. The standard InChI is InChI=1S/C32H40N2O7/c1-4-15-40-26-10-7-22(20-27(26)39-5-2)29-28(30(35)23-8-9-25-24(19-23)18-21(3)41-25)31(36)32(37)34(29)12-6-11-33-13-16-38-17-14-33/h7-10,19-21,29,35H,4-6,11-18H2,1-3H3/b30-28+. The molecule has 9 nitrogen and oxygen atoms in total. The number of carbonyl (C=O) groups excluding carboxylic acids is 2. The first-order chi connectivity index (χ1) is 19.9. The molecule has 0 radical (unpaired) electrons. The number of hydrogen-bond acceptors (Lipinski definition) is 8. The first-order valence-corrected chi connectivity index (χ1v) is 14.7. The molecule has 3 aliphatic heterocycles. The summed E-state index contributed by atoms with van der Waals surface area (Å²) in [6, 6.07) is 10.1. The largest absolute Gasteiger partial charge is 0.507 e. The number of ketones is 1. The van der Waals surface area contributed by atoms with E-state index in [1.807, 2.05) is 51.1 Å². The molecule has 2 atom stereocenters. The molecule has 0 bridgehead atoms. The van der Waals surface area contributed by atoms with Crippen LogP contribution >= 0.6 is 0 Å². The average molecular weight is 565 g/mol. The molecule has 2 fully saturated rings. The molecule has 1 amide bonds. The average Bonchev–Trinajstić information content (AvgIpc) is 3.48. The number of nitrogens with zero attached hydrogens (tertiary/aromatic N) is 2. The molecule has 41 heavy (non-hydrogen) atoms. The van der Waals surface area contributed by atoms with Gasteiger partial charge in [0.1, 0.15) is 17.6 Å². The number of aliphatic hydroxyl groups is 1. The molecule has 2 aromatic rings.